The highest BCUT2D eigenvalue weighted by Gasteiger charge is 2.20. The SMILES string of the molecule is CC(C)C[S+]1C=NCC1. The Balaban J connectivity index is 2.20. The van der Waals surface area contributed by atoms with Crippen LogP contribution in [0.25, 0.3) is 0 Å². The van der Waals surface area contributed by atoms with Gasteiger partial charge in [0, 0.05) is 10.9 Å². The monoisotopic (exact) mass is 144 g/mol. The van der Waals surface area contributed by atoms with E-state index >= 15 is 0 Å². The molecule has 0 radical (unpaired) electrons. The van der Waals surface area contributed by atoms with Crippen molar-refractivity contribution < 1.29 is 0 Å². The second kappa shape index (κ2) is 3.25. The number of aliphatic imine (C=N–C) groups is 1. The number of rotatable bonds is 2. The van der Waals surface area contributed by atoms with Gasteiger partial charge in [0.1, 0.15) is 11.5 Å². The van der Waals surface area contributed by atoms with Crippen LogP contribution in [0.15, 0.2) is 4.99 Å². The Morgan fingerprint density at radius 3 is 2.89 bits per heavy atom. The van der Waals surface area contributed by atoms with Crippen LogP contribution < -0.4 is 0 Å². The number of hydrogen-bond donors (Lipinski definition) is 0. The molecule has 0 spiro atoms. The zero-order valence-electron chi connectivity index (χ0n) is 6.13. The highest BCUT2D eigenvalue weighted by atomic mass is 32.2. The topological polar surface area (TPSA) is 12.4 Å². The molecular formula is C7H14NS+. The zero-order valence-corrected chi connectivity index (χ0v) is 6.95. The fourth-order valence-corrected chi connectivity index (χ4v) is 2.81. The van der Waals surface area contributed by atoms with Crippen molar-refractivity contribution in [2.45, 2.75) is 13.8 Å². The first-order valence-corrected chi connectivity index (χ1v) is 5.08. The minimum Gasteiger partial charge on any atom is -0.242 e. The van der Waals surface area contributed by atoms with Crippen molar-refractivity contribution in [2.24, 2.45) is 10.9 Å². The van der Waals surface area contributed by atoms with E-state index in [1.54, 1.807) is 0 Å². The molecule has 0 aliphatic carbocycles. The molecule has 1 aliphatic rings. The van der Waals surface area contributed by atoms with Crippen molar-refractivity contribution in [3.05, 3.63) is 0 Å². The third kappa shape index (κ3) is 2.39. The molecule has 1 heterocycles. The summed E-state index contributed by atoms with van der Waals surface area (Å²) >= 11 is 0. The largest absolute Gasteiger partial charge is 0.242 e. The molecule has 0 N–H and O–H groups in total. The van der Waals surface area contributed by atoms with Gasteiger partial charge in [-0.25, -0.2) is 4.99 Å². The molecule has 0 aromatic rings. The maximum atomic E-state index is 4.21. The molecule has 9 heavy (non-hydrogen) atoms. The van der Waals surface area contributed by atoms with E-state index in [4.69, 9.17) is 0 Å². The van der Waals surface area contributed by atoms with Crippen LogP contribution in [0.2, 0.25) is 0 Å². The summed E-state index contributed by atoms with van der Waals surface area (Å²) in [5.41, 5.74) is 2.15. The van der Waals surface area contributed by atoms with Gasteiger partial charge in [-0.05, 0) is 5.92 Å². The van der Waals surface area contributed by atoms with E-state index in [0.717, 1.165) is 12.5 Å². The van der Waals surface area contributed by atoms with E-state index in [1.165, 1.54) is 11.5 Å². The normalized spacial score (nSPS) is 25.9. The Bertz CT molecular complexity index is 109. The van der Waals surface area contributed by atoms with Gasteiger partial charge < -0.3 is 0 Å². The summed E-state index contributed by atoms with van der Waals surface area (Å²) in [4.78, 5) is 4.21. The Morgan fingerprint density at radius 2 is 2.44 bits per heavy atom. The van der Waals surface area contributed by atoms with Gasteiger partial charge in [0.05, 0.1) is 6.54 Å². The lowest BCUT2D eigenvalue weighted by Gasteiger charge is -1.98. The molecule has 1 unspecified atom stereocenters. The van der Waals surface area contributed by atoms with Crippen molar-refractivity contribution in [3.8, 4) is 0 Å². The van der Waals surface area contributed by atoms with Crippen molar-refractivity contribution >= 4 is 16.4 Å². The minimum atomic E-state index is 0.551. The first-order valence-electron chi connectivity index (χ1n) is 3.45. The van der Waals surface area contributed by atoms with Crippen molar-refractivity contribution in [1.29, 1.82) is 0 Å². The lowest BCUT2D eigenvalue weighted by atomic mass is 10.3. The molecular weight excluding hydrogens is 130 g/mol. The van der Waals surface area contributed by atoms with Gasteiger partial charge >= 0.3 is 0 Å². The molecule has 0 saturated carbocycles. The van der Waals surface area contributed by atoms with Gasteiger partial charge in [-0.15, -0.1) is 0 Å². The maximum absolute atomic E-state index is 4.21. The Morgan fingerprint density at radius 1 is 1.67 bits per heavy atom. The molecule has 0 saturated heterocycles. The number of hydrogen-bond acceptors (Lipinski definition) is 1. The Hall–Kier alpha value is 0.0200. The molecule has 0 aromatic heterocycles. The summed E-state index contributed by atoms with van der Waals surface area (Å²) in [6.45, 7) is 5.63. The fraction of sp³-hybridized carbons (Fsp3) is 0.857. The quantitative estimate of drug-likeness (QED) is 0.518. The summed E-state index contributed by atoms with van der Waals surface area (Å²) < 4.78 is 0. The van der Waals surface area contributed by atoms with Crippen LogP contribution in [-0.2, 0) is 10.9 Å². The second-order valence-electron chi connectivity index (χ2n) is 2.81. The van der Waals surface area contributed by atoms with Crippen molar-refractivity contribution in [2.75, 3.05) is 18.1 Å². The average molecular weight is 144 g/mol. The average Bonchev–Trinajstić information content (AvgIpc) is 2.15. The van der Waals surface area contributed by atoms with E-state index in [0.29, 0.717) is 10.9 Å². The lowest BCUT2D eigenvalue weighted by Crippen LogP contribution is -2.13. The van der Waals surface area contributed by atoms with Gasteiger partial charge in [-0.3, -0.25) is 0 Å². The standard InChI is InChI=1S/C7H14NS/c1-7(2)5-9-4-3-8-6-9/h6-7H,3-5H2,1-2H3/q+1. The van der Waals surface area contributed by atoms with Crippen LogP contribution in [0, 0.1) is 5.92 Å². The summed E-state index contributed by atoms with van der Waals surface area (Å²) in [6.07, 6.45) is 0. The Kier molecular flexibility index (Phi) is 2.58. The van der Waals surface area contributed by atoms with Gasteiger partial charge in [-0.1, -0.05) is 13.8 Å². The van der Waals surface area contributed by atoms with Crippen LogP contribution in [0.4, 0.5) is 0 Å². The maximum Gasteiger partial charge on any atom is 0.205 e. The van der Waals surface area contributed by atoms with Crippen LogP contribution in [-0.4, -0.2) is 23.6 Å². The molecule has 0 fully saturated rings. The predicted molar refractivity (Wildman–Crippen MR) is 45.3 cm³/mol. The summed E-state index contributed by atoms with van der Waals surface area (Å²) in [5.74, 6) is 3.51. The summed E-state index contributed by atoms with van der Waals surface area (Å²) in [7, 11) is 0.551. The van der Waals surface area contributed by atoms with Crippen LogP contribution >= 0.6 is 0 Å². The molecule has 1 aliphatic heterocycles. The van der Waals surface area contributed by atoms with E-state index in [9.17, 15) is 0 Å². The van der Waals surface area contributed by atoms with Crippen LogP contribution in [0.1, 0.15) is 13.8 Å². The van der Waals surface area contributed by atoms with E-state index in [2.05, 4.69) is 24.4 Å². The third-order valence-electron chi connectivity index (χ3n) is 1.25. The third-order valence-corrected chi connectivity index (χ3v) is 3.50. The molecule has 0 amide bonds. The van der Waals surface area contributed by atoms with Gasteiger partial charge in [-0.2, -0.15) is 0 Å². The lowest BCUT2D eigenvalue weighted by molar-refractivity contribution is 0.748. The highest BCUT2D eigenvalue weighted by Crippen LogP contribution is 2.06. The molecule has 0 aromatic carbocycles. The molecule has 52 valence electrons. The molecule has 0 bridgehead atoms. The van der Waals surface area contributed by atoms with Crippen molar-refractivity contribution in [1.82, 2.24) is 0 Å². The summed E-state index contributed by atoms with van der Waals surface area (Å²) in [6, 6.07) is 0. The van der Waals surface area contributed by atoms with Gasteiger partial charge in [0.2, 0.25) is 5.55 Å². The van der Waals surface area contributed by atoms with Crippen LogP contribution in [0.3, 0.4) is 0 Å². The highest BCUT2D eigenvalue weighted by molar-refractivity contribution is 8.09. The Labute approximate surface area is 59.9 Å². The summed E-state index contributed by atoms with van der Waals surface area (Å²) in [5, 5.41) is 0. The van der Waals surface area contributed by atoms with Gasteiger partial charge in [0.25, 0.3) is 0 Å². The predicted octanol–water partition coefficient (Wildman–Crippen LogP) is 1.30. The zero-order chi connectivity index (χ0) is 6.69. The molecule has 2 heteroatoms. The minimum absolute atomic E-state index is 0.551. The fourth-order valence-electron chi connectivity index (χ4n) is 0.935. The van der Waals surface area contributed by atoms with Gasteiger partial charge in [0.15, 0.2) is 0 Å². The first kappa shape index (κ1) is 7.13. The molecule has 1 atom stereocenters. The van der Waals surface area contributed by atoms with Crippen molar-refractivity contribution in [3.63, 3.8) is 0 Å². The van der Waals surface area contributed by atoms with E-state index < -0.39 is 0 Å². The van der Waals surface area contributed by atoms with Crippen LogP contribution in [0.5, 0.6) is 0 Å². The number of nitrogens with zero attached hydrogens (tertiary/aromatic N) is 1. The smallest absolute Gasteiger partial charge is 0.205 e. The second-order valence-corrected chi connectivity index (χ2v) is 4.84. The molecule has 1 nitrogen and oxygen atoms in total. The molecule has 1 rings (SSSR count). The van der Waals surface area contributed by atoms with E-state index in [-0.39, 0.29) is 0 Å². The van der Waals surface area contributed by atoms with E-state index in [1.807, 2.05) is 0 Å². The first-order chi connectivity index (χ1) is 4.29.